The molecule has 0 bridgehead atoms. The van der Waals surface area contributed by atoms with Crippen LogP contribution in [0.3, 0.4) is 0 Å². The van der Waals surface area contributed by atoms with Crippen LogP contribution < -0.4 is 5.56 Å². The maximum absolute atomic E-state index is 12.2. The summed E-state index contributed by atoms with van der Waals surface area (Å²) in [5.74, 6) is 0.557. The molecule has 2 aromatic rings. The van der Waals surface area contributed by atoms with E-state index in [2.05, 4.69) is 27.5 Å². The van der Waals surface area contributed by atoms with E-state index >= 15 is 0 Å². The molecule has 0 amide bonds. The van der Waals surface area contributed by atoms with Crippen LogP contribution in [0.5, 0.6) is 0 Å². The predicted octanol–water partition coefficient (Wildman–Crippen LogP) is 3.19. The first-order chi connectivity index (χ1) is 8.15. The Balaban J connectivity index is 1.97. The maximum Gasteiger partial charge on any atom is 0.262 e. The molecular formula is C12H11BrN2OS. The summed E-state index contributed by atoms with van der Waals surface area (Å²) in [6.07, 6.45) is 3.73. The third-order valence-electron chi connectivity index (χ3n) is 3.15. The van der Waals surface area contributed by atoms with Crippen LogP contribution in [0.25, 0.3) is 10.9 Å². The molecule has 1 saturated carbocycles. The van der Waals surface area contributed by atoms with Crippen molar-refractivity contribution in [3.8, 4) is 0 Å². The topological polar surface area (TPSA) is 34.9 Å². The van der Waals surface area contributed by atoms with Gasteiger partial charge in [0.25, 0.3) is 5.56 Å². The first-order valence-electron chi connectivity index (χ1n) is 5.44. The summed E-state index contributed by atoms with van der Waals surface area (Å²) in [6, 6.07) is 0. The lowest BCUT2D eigenvalue weighted by Gasteiger charge is -2.28. The highest BCUT2D eigenvalue weighted by Gasteiger charge is 2.22. The van der Waals surface area contributed by atoms with Gasteiger partial charge in [-0.05, 0) is 34.7 Å². The Morgan fingerprint density at radius 1 is 1.59 bits per heavy atom. The largest absolute Gasteiger partial charge is 0.298 e. The predicted molar refractivity (Wildman–Crippen MR) is 73.4 cm³/mol. The van der Waals surface area contributed by atoms with Crippen LogP contribution in [0.2, 0.25) is 0 Å². The normalized spacial score (nSPS) is 16.4. The fourth-order valence-electron chi connectivity index (χ4n) is 2.23. The Kier molecular flexibility index (Phi) is 2.67. The van der Waals surface area contributed by atoms with Gasteiger partial charge in [-0.25, -0.2) is 4.98 Å². The molecule has 2 aromatic heterocycles. The highest BCUT2D eigenvalue weighted by atomic mass is 79.9. The van der Waals surface area contributed by atoms with Crippen molar-refractivity contribution in [2.75, 3.05) is 0 Å². The minimum Gasteiger partial charge on any atom is -0.298 e. The number of nitrogens with zero attached hydrogens (tertiary/aromatic N) is 2. The molecule has 88 valence electrons. The van der Waals surface area contributed by atoms with Crippen LogP contribution in [0.4, 0.5) is 0 Å². The number of thiophene rings is 1. The highest BCUT2D eigenvalue weighted by Crippen LogP contribution is 2.32. The summed E-state index contributed by atoms with van der Waals surface area (Å²) >= 11 is 4.91. The molecule has 3 rings (SSSR count). The van der Waals surface area contributed by atoms with Gasteiger partial charge in [-0.3, -0.25) is 9.36 Å². The summed E-state index contributed by atoms with van der Waals surface area (Å²) in [5, 5.41) is 2.58. The number of hydrogen-bond donors (Lipinski definition) is 0. The van der Waals surface area contributed by atoms with Gasteiger partial charge in [0.05, 0.1) is 15.5 Å². The Labute approximate surface area is 111 Å². The second kappa shape index (κ2) is 4.07. The van der Waals surface area contributed by atoms with Crippen LogP contribution in [-0.4, -0.2) is 9.55 Å². The third kappa shape index (κ3) is 1.87. The fourth-order valence-corrected chi connectivity index (χ4v) is 3.53. The van der Waals surface area contributed by atoms with E-state index in [1.165, 1.54) is 16.9 Å². The molecule has 0 spiro atoms. The standard InChI is InChI=1S/C12H11BrN2OS/c1-7-2-8(3-7)4-15-6-14-10-9(12(15)16)5-17-11(10)13/h5-6,8H,1-4H2. The van der Waals surface area contributed by atoms with Gasteiger partial charge in [0.15, 0.2) is 0 Å². The molecule has 2 heterocycles. The lowest BCUT2D eigenvalue weighted by molar-refractivity contribution is 0.355. The second-order valence-corrected chi connectivity index (χ2v) is 6.70. The quantitative estimate of drug-likeness (QED) is 0.798. The van der Waals surface area contributed by atoms with Crippen molar-refractivity contribution in [2.45, 2.75) is 19.4 Å². The summed E-state index contributed by atoms with van der Waals surface area (Å²) in [5.41, 5.74) is 2.12. The van der Waals surface area contributed by atoms with Gasteiger partial charge in [-0.15, -0.1) is 11.3 Å². The number of allylic oxidation sites excluding steroid dienone is 1. The van der Waals surface area contributed by atoms with Crippen molar-refractivity contribution < 1.29 is 0 Å². The molecule has 0 radical (unpaired) electrons. The van der Waals surface area contributed by atoms with Crippen molar-refractivity contribution in [1.82, 2.24) is 9.55 Å². The monoisotopic (exact) mass is 310 g/mol. The molecule has 0 unspecified atom stereocenters. The molecule has 0 N–H and O–H groups in total. The lowest BCUT2D eigenvalue weighted by atomic mass is 9.81. The molecule has 1 fully saturated rings. The molecule has 17 heavy (non-hydrogen) atoms. The smallest absolute Gasteiger partial charge is 0.262 e. The molecule has 0 atom stereocenters. The van der Waals surface area contributed by atoms with Gasteiger partial charge in [0, 0.05) is 11.9 Å². The van der Waals surface area contributed by atoms with E-state index in [1.807, 2.05) is 5.38 Å². The van der Waals surface area contributed by atoms with E-state index in [1.54, 1.807) is 10.9 Å². The SMILES string of the molecule is C=C1CC(Cn2cnc3c(Br)scc3c2=O)C1. The first-order valence-corrected chi connectivity index (χ1v) is 7.11. The van der Waals surface area contributed by atoms with Crippen LogP contribution in [0, 0.1) is 5.92 Å². The van der Waals surface area contributed by atoms with E-state index in [-0.39, 0.29) is 5.56 Å². The zero-order valence-corrected chi connectivity index (χ0v) is 11.6. The van der Waals surface area contributed by atoms with Gasteiger partial charge < -0.3 is 0 Å². The summed E-state index contributed by atoms with van der Waals surface area (Å²) < 4.78 is 2.65. The average molecular weight is 311 g/mol. The van der Waals surface area contributed by atoms with Gasteiger partial charge in [0.2, 0.25) is 0 Å². The van der Waals surface area contributed by atoms with Crippen LogP contribution >= 0.6 is 27.3 Å². The molecule has 3 nitrogen and oxygen atoms in total. The van der Waals surface area contributed by atoms with E-state index < -0.39 is 0 Å². The van der Waals surface area contributed by atoms with Crippen molar-refractivity contribution in [2.24, 2.45) is 5.92 Å². The Hall–Kier alpha value is -0.940. The zero-order chi connectivity index (χ0) is 12.0. The molecule has 0 saturated heterocycles. The minimum atomic E-state index is 0.0643. The molecule has 0 aliphatic heterocycles. The molecule has 0 aromatic carbocycles. The van der Waals surface area contributed by atoms with E-state index in [0.717, 1.165) is 28.7 Å². The van der Waals surface area contributed by atoms with Gasteiger partial charge >= 0.3 is 0 Å². The molecular weight excluding hydrogens is 300 g/mol. The number of rotatable bonds is 2. The number of fused-ring (bicyclic) bond motifs is 1. The fraction of sp³-hybridized carbons (Fsp3) is 0.333. The third-order valence-corrected chi connectivity index (χ3v) is 4.84. The van der Waals surface area contributed by atoms with Crippen LogP contribution in [0.15, 0.2) is 32.4 Å². The molecule has 1 aliphatic rings. The molecule has 1 aliphatic carbocycles. The number of aromatic nitrogens is 2. The first kappa shape index (κ1) is 11.2. The van der Waals surface area contributed by atoms with E-state index in [0.29, 0.717) is 11.3 Å². The van der Waals surface area contributed by atoms with E-state index in [9.17, 15) is 4.79 Å². The lowest BCUT2D eigenvalue weighted by Crippen LogP contribution is -2.27. The Morgan fingerprint density at radius 3 is 3.06 bits per heavy atom. The minimum absolute atomic E-state index is 0.0643. The second-order valence-electron chi connectivity index (χ2n) is 4.50. The van der Waals surface area contributed by atoms with Crippen molar-refractivity contribution in [3.63, 3.8) is 0 Å². The van der Waals surface area contributed by atoms with E-state index in [4.69, 9.17) is 0 Å². The average Bonchev–Trinajstić information content (AvgIpc) is 2.63. The Morgan fingerprint density at radius 2 is 2.35 bits per heavy atom. The molecule has 5 heteroatoms. The van der Waals surface area contributed by atoms with Crippen LogP contribution in [0.1, 0.15) is 12.8 Å². The number of hydrogen-bond acceptors (Lipinski definition) is 3. The van der Waals surface area contributed by atoms with Gasteiger partial charge in [0.1, 0.15) is 5.52 Å². The highest BCUT2D eigenvalue weighted by molar-refractivity contribution is 9.11. The summed E-state index contributed by atoms with van der Waals surface area (Å²) in [7, 11) is 0. The number of halogens is 1. The van der Waals surface area contributed by atoms with Crippen LogP contribution in [-0.2, 0) is 6.54 Å². The Bertz CT molecular complexity index is 650. The van der Waals surface area contributed by atoms with Gasteiger partial charge in [-0.1, -0.05) is 12.2 Å². The maximum atomic E-state index is 12.2. The van der Waals surface area contributed by atoms with Crippen molar-refractivity contribution in [3.05, 3.63) is 38.0 Å². The van der Waals surface area contributed by atoms with Crippen molar-refractivity contribution in [1.29, 1.82) is 0 Å². The zero-order valence-electron chi connectivity index (χ0n) is 9.15. The summed E-state index contributed by atoms with van der Waals surface area (Å²) in [6.45, 7) is 4.68. The van der Waals surface area contributed by atoms with Gasteiger partial charge in [-0.2, -0.15) is 0 Å². The summed E-state index contributed by atoms with van der Waals surface area (Å²) in [4.78, 5) is 16.5. The van der Waals surface area contributed by atoms with Crippen molar-refractivity contribution >= 4 is 38.2 Å².